The standard InChI is InChI=1S/C16H19N3O3/c1-3-19-15(21)9-8-13(18-19)16(22)17-10-14(20)12-7-5-4-6-11(12)2/h4-9,14,20H,3,10H2,1-2H3,(H,17,22). The van der Waals surface area contributed by atoms with Crippen LogP contribution in [0.25, 0.3) is 0 Å². The molecule has 6 heteroatoms. The van der Waals surface area contributed by atoms with Crippen molar-refractivity contribution in [1.82, 2.24) is 15.1 Å². The molecule has 6 nitrogen and oxygen atoms in total. The van der Waals surface area contributed by atoms with Gasteiger partial charge in [-0.3, -0.25) is 9.59 Å². The van der Waals surface area contributed by atoms with Crippen LogP contribution in [0.2, 0.25) is 0 Å². The number of nitrogens with zero attached hydrogens (tertiary/aromatic N) is 2. The van der Waals surface area contributed by atoms with E-state index in [9.17, 15) is 14.7 Å². The van der Waals surface area contributed by atoms with Gasteiger partial charge in [0.1, 0.15) is 5.69 Å². The molecule has 1 aromatic heterocycles. The Morgan fingerprint density at radius 1 is 1.32 bits per heavy atom. The number of hydrogen-bond acceptors (Lipinski definition) is 4. The molecular weight excluding hydrogens is 282 g/mol. The number of aromatic nitrogens is 2. The van der Waals surface area contributed by atoms with Crippen LogP contribution >= 0.6 is 0 Å². The number of aliphatic hydroxyl groups excluding tert-OH is 1. The number of amides is 1. The molecule has 0 aliphatic carbocycles. The molecule has 1 amide bonds. The van der Waals surface area contributed by atoms with Crippen LogP contribution in [0.4, 0.5) is 0 Å². The fourth-order valence-corrected chi connectivity index (χ4v) is 2.15. The molecule has 2 aromatic rings. The summed E-state index contributed by atoms with van der Waals surface area (Å²) in [6, 6.07) is 10.1. The maximum atomic E-state index is 12.0. The second-order valence-corrected chi connectivity index (χ2v) is 4.95. The molecule has 0 radical (unpaired) electrons. The van der Waals surface area contributed by atoms with E-state index in [1.165, 1.54) is 16.8 Å². The first-order chi connectivity index (χ1) is 10.5. The van der Waals surface area contributed by atoms with E-state index in [-0.39, 0.29) is 17.8 Å². The van der Waals surface area contributed by atoms with E-state index in [0.29, 0.717) is 6.54 Å². The molecule has 2 N–H and O–H groups in total. The summed E-state index contributed by atoms with van der Waals surface area (Å²) in [6.07, 6.45) is -0.790. The molecule has 1 unspecified atom stereocenters. The molecule has 0 saturated carbocycles. The molecule has 116 valence electrons. The van der Waals surface area contributed by atoms with Crippen LogP contribution in [-0.4, -0.2) is 27.3 Å². The largest absolute Gasteiger partial charge is 0.387 e. The van der Waals surface area contributed by atoms with Gasteiger partial charge in [-0.25, -0.2) is 4.68 Å². The zero-order valence-electron chi connectivity index (χ0n) is 12.6. The summed E-state index contributed by atoms with van der Waals surface area (Å²) in [4.78, 5) is 23.5. The minimum Gasteiger partial charge on any atom is -0.387 e. The zero-order valence-corrected chi connectivity index (χ0v) is 12.6. The average Bonchev–Trinajstić information content (AvgIpc) is 2.53. The number of carbonyl (C=O) groups excluding carboxylic acids is 1. The molecule has 0 aliphatic rings. The van der Waals surface area contributed by atoms with E-state index in [1.54, 1.807) is 6.92 Å². The predicted molar refractivity (Wildman–Crippen MR) is 82.6 cm³/mol. The van der Waals surface area contributed by atoms with Crippen LogP contribution < -0.4 is 10.9 Å². The summed E-state index contributed by atoms with van der Waals surface area (Å²) in [7, 11) is 0. The van der Waals surface area contributed by atoms with Gasteiger partial charge in [-0.1, -0.05) is 24.3 Å². The zero-order chi connectivity index (χ0) is 16.1. The monoisotopic (exact) mass is 301 g/mol. The van der Waals surface area contributed by atoms with Crippen molar-refractivity contribution in [2.45, 2.75) is 26.5 Å². The smallest absolute Gasteiger partial charge is 0.271 e. The first-order valence-corrected chi connectivity index (χ1v) is 7.13. The molecule has 0 saturated heterocycles. The topological polar surface area (TPSA) is 84.2 Å². The van der Waals surface area contributed by atoms with Crippen molar-refractivity contribution in [2.75, 3.05) is 6.54 Å². The van der Waals surface area contributed by atoms with Gasteiger partial charge in [0, 0.05) is 19.2 Å². The molecule has 0 aliphatic heterocycles. The van der Waals surface area contributed by atoms with Gasteiger partial charge in [0.25, 0.3) is 11.5 Å². The average molecular weight is 301 g/mol. The van der Waals surface area contributed by atoms with E-state index in [1.807, 2.05) is 31.2 Å². The minimum absolute atomic E-state index is 0.0800. The third-order valence-corrected chi connectivity index (χ3v) is 3.40. The Bertz CT molecular complexity index is 725. The quantitative estimate of drug-likeness (QED) is 0.864. The summed E-state index contributed by atoms with van der Waals surface area (Å²) in [5.41, 5.74) is 1.63. The van der Waals surface area contributed by atoms with E-state index in [4.69, 9.17) is 0 Å². The van der Waals surface area contributed by atoms with Crippen LogP contribution in [0.3, 0.4) is 0 Å². The fourth-order valence-electron chi connectivity index (χ4n) is 2.15. The normalized spacial score (nSPS) is 12.0. The van der Waals surface area contributed by atoms with E-state index in [2.05, 4.69) is 10.4 Å². The Morgan fingerprint density at radius 3 is 2.73 bits per heavy atom. The number of nitrogens with one attached hydrogen (secondary N) is 1. The summed E-state index contributed by atoms with van der Waals surface area (Å²) < 4.78 is 1.21. The van der Waals surface area contributed by atoms with Crippen molar-refractivity contribution in [3.8, 4) is 0 Å². The first-order valence-electron chi connectivity index (χ1n) is 7.13. The molecule has 1 heterocycles. The molecule has 1 aromatic carbocycles. The first kappa shape index (κ1) is 15.9. The lowest BCUT2D eigenvalue weighted by molar-refractivity contribution is 0.0908. The molecule has 0 bridgehead atoms. The third kappa shape index (κ3) is 3.59. The van der Waals surface area contributed by atoms with Crippen molar-refractivity contribution < 1.29 is 9.90 Å². The Kier molecular flexibility index (Phi) is 5.06. The van der Waals surface area contributed by atoms with Gasteiger partial charge in [0.2, 0.25) is 0 Å². The Labute approximate surface area is 128 Å². The van der Waals surface area contributed by atoms with Gasteiger partial charge >= 0.3 is 0 Å². The number of aliphatic hydroxyl groups is 1. The third-order valence-electron chi connectivity index (χ3n) is 3.40. The van der Waals surface area contributed by atoms with Crippen LogP contribution in [0.5, 0.6) is 0 Å². The second kappa shape index (κ2) is 7.00. The number of hydrogen-bond donors (Lipinski definition) is 2. The molecule has 0 fully saturated rings. The van der Waals surface area contributed by atoms with Crippen molar-refractivity contribution in [2.24, 2.45) is 0 Å². The SMILES string of the molecule is CCn1nc(C(=O)NCC(O)c2ccccc2C)ccc1=O. The lowest BCUT2D eigenvalue weighted by Crippen LogP contribution is -2.32. The van der Waals surface area contributed by atoms with Crippen LogP contribution in [0, 0.1) is 6.92 Å². The Balaban J connectivity index is 2.04. The van der Waals surface area contributed by atoms with E-state index >= 15 is 0 Å². The predicted octanol–water partition coefficient (Wildman–Crippen LogP) is 1.04. The lowest BCUT2D eigenvalue weighted by atomic mass is 10.0. The van der Waals surface area contributed by atoms with Crippen molar-refractivity contribution in [1.29, 1.82) is 0 Å². The van der Waals surface area contributed by atoms with Gasteiger partial charge in [0.05, 0.1) is 6.10 Å². The highest BCUT2D eigenvalue weighted by Gasteiger charge is 2.14. The fraction of sp³-hybridized carbons (Fsp3) is 0.312. The summed E-state index contributed by atoms with van der Waals surface area (Å²) in [5, 5.41) is 16.7. The highest BCUT2D eigenvalue weighted by atomic mass is 16.3. The van der Waals surface area contributed by atoms with Crippen molar-refractivity contribution >= 4 is 5.91 Å². The number of carbonyl (C=O) groups is 1. The molecule has 1 atom stereocenters. The second-order valence-electron chi connectivity index (χ2n) is 4.95. The lowest BCUT2D eigenvalue weighted by Gasteiger charge is -2.14. The van der Waals surface area contributed by atoms with Gasteiger partial charge in [-0.15, -0.1) is 0 Å². The van der Waals surface area contributed by atoms with Crippen LogP contribution in [-0.2, 0) is 6.54 Å². The number of aryl methyl sites for hydroxylation is 2. The maximum absolute atomic E-state index is 12.0. The van der Waals surface area contributed by atoms with Gasteiger partial charge in [-0.05, 0) is 31.0 Å². The summed E-state index contributed by atoms with van der Waals surface area (Å²) in [5.74, 6) is -0.421. The highest BCUT2D eigenvalue weighted by Crippen LogP contribution is 2.16. The van der Waals surface area contributed by atoms with Crippen LogP contribution in [0.1, 0.15) is 34.6 Å². The Morgan fingerprint density at radius 2 is 2.05 bits per heavy atom. The van der Waals surface area contributed by atoms with Crippen molar-refractivity contribution in [3.05, 3.63) is 63.6 Å². The summed E-state index contributed by atoms with van der Waals surface area (Å²) >= 11 is 0. The highest BCUT2D eigenvalue weighted by molar-refractivity contribution is 5.92. The van der Waals surface area contributed by atoms with Gasteiger partial charge < -0.3 is 10.4 Å². The van der Waals surface area contributed by atoms with Crippen molar-refractivity contribution in [3.63, 3.8) is 0 Å². The molecule has 0 spiro atoms. The van der Waals surface area contributed by atoms with Crippen LogP contribution in [0.15, 0.2) is 41.2 Å². The Hall–Kier alpha value is -2.47. The number of rotatable bonds is 5. The van der Waals surface area contributed by atoms with E-state index in [0.717, 1.165) is 11.1 Å². The maximum Gasteiger partial charge on any atom is 0.271 e. The summed E-state index contributed by atoms with van der Waals surface area (Å²) in [6.45, 7) is 4.15. The van der Waals surface area contributed by atoms with Gasteiger partial charge in [-0.2, -0.15) is 5.10 Å². The van der Waals surface area contributed by atoms with Gasteiger partial charge in [0.15, 0.2) is 0 Å². The molecular formula is C16H19N3O3. The number of benzene rings is 1. The van der Waals surface area contributed by atoms with E-state index < -0.39 is 12.0 Å². The molecule has 22 heavy (non-hydrogen) atoms. The minimum atomic E-state index is -0.790. The molecule has 2 rings (SSSR count).